The highest BCUT2D eigenvalue weighted by molar-refractivity contribution is 5.95. The molecule has 1 heterocycles. The summed E-state index contributed by atoms with van der Waals surface area (Å²) < 4.78 is 4.85. The fourth-order valence-electron chi connectivity index (χ4n) is 2.35. The first kappa shape index (κ1) is 14.1. The second-order valence-electron chi connectivity index (χ2n) is 4.68. The molecule has 1 atom stereocenters. The van der Waals surface area contributed by atoms with Crippen LogP contribution in [-0.2, 0) is 9.53 Å². The van der Waals surface area contributed by atoms with Crippen LogP contribution >= 0.6 is 0 Å². The molecule has 5 heteroatoms. The SMILES string of the molecule is CCC1=C(C(=O)OC)[C@H](c2cccc(C)c2)NC(=O)N1. The van der Waals surface area contributed by atoms with Crippen LogP contribution in [0.15, 0.2) is 35.5 Å². The molecule has 0 aromatic heterocycles. The average molecular weight is 274 g/mol. The van der Waals surface area contributed by atoms with Crippen molar-refractivity contribution < 1.29 is 14.3 Å². The molecule has 1 aliphatic rings. The minimum Gasteiger partial charge on any atom is -0.466 e. The molecule has 0 bridgehead atoms. The molecule has 0 unspecified atom stereocenters. The van der Waals surface area contributed by atoms with Gasteiger partial charge in [-0.2, -0.15) is 0 Å². The molecule has 0 radical (unpaired) electrons. The Hall–Kier alpha value is -2.30. The van der Waals surface area contributed by atoms with Gasteiger partial charge in [0.05, 0.1) is 18.7 Å². The number of amides is 2. The van der Waals surface area contributed by atoms with Crippen LogP contribution in [0.25, 0.3) is 0 Å². The van der Waals surface area contributed by atoms with Gasteiger partial charge in [-0.25, -0.2) is 9.59 Å². The number of ether oxygens (including phenoxy) is 1. The van der Waals surface area contributed by atoms with Gasteiger partial charge in [-0.15, -0.1) is 0 Å². The molecule has 0 spiro atoms. The summed E-state index contributed by atoms with van der Waals surface area (Å²) in [6.45, 7) is 3.85. The Morgan fingerprint density at radius 3 is 2.75 bits per heavy atom. The highest BCUT2D eigenvalue weighted by Gasteiger charge is 2.32. The van der Waals surface area contributed by atoms with E-state index in [1.807, 2.05) is 38.1 Å². The Kier molecular flexibility index (Phi) is 4.08. The van der Waals surface area contributed by atoms with Gasteiger partial charge in [0.2, 0.25) is 0 Å². The lowest BCUT2D eigenvalue weighted by Gasteiger charge is -2.29. The third-order valence-corrected chi connectivity index (χ3v) is 3.29. The lowest BCUT2D eigenvalue weighted by molar-refractivity contribution is -0.136. The number of rotatable bonds is 3. The van der Waals surface area contributed by atoms with Gasteiger partial charge >= 0.3 is 12.0 Å². The van der Waals surface area contributed by atoms with Gasteiger partial charge in [-0.1, -0.05) is 36.8 Å². The fourth-order valence-corrected chi connectivity index (χ4v) is 2.35. The largest absolute Gasteiger partial charge is 0.466 e. The zero-order chi connectivity index (χ0) is 14.7. The molecule has 1 aliphatic heterocycles. The van der Waals surface area contributed by atoms with E-state index in [4.69, 9.17) is 4.74 Å². The first-order chi connectivity index (χ1) is 9.56. The Bertz CT molecular complexity index is 578. The predicted octanol–water partition coefficient (Wildman–Crippen LogP) is 2.19. The number of hydrogen-bond donors (Lipinski definition) is 2. The number of nitrogens with one attached hydrogen (secondary N) is 2. The van der Waals surface area contributed by atoms with Crippen molar-refractivity contribution in [2.24, 2.45) is 0 Å². The van der Waals surface area contributed by atoms with Crippen LogP contribution in [0.2, 0.25) is 0 Å². The van der Waals surface area contributed by atoms with E-state index in [1.54, 1.807) is 0 Å². The number of benzene rings is 1. The summed E-state index contributed by atoms with van der Waals surface area (Å²) >= 11 is 0. The number of urea groups is 1. The highest BCUT2D eigenvalue weighted by Crippen LogP contribution is 2.28. The van der Waals surface area contributed by atoms with E-state index in [1.165, 1.54) is 7.11 Å². The van der Waals surface area contributed by atoms with Gasteiger partial charge in [0.1, 0.15) is 0 Å². The van der Waals surface area contributed by atoms with E-state index >= 15 is 0 Å². The Labute approximate surface area is 118 Å². The maximum absolute atomic E-state index is 12.0. The topological polar surface area (TPSA) is 67.4 Å². The van der Waals surface area contributed by atoms with Crippen molar-refractivity contribution in [3.05, 3.63) is 46.7 Å². The lowest BCUT2D eigenvalue weighted by Crippen LogP contribution is -2.45. The lowest BCUT2D eigenvalue weighted by atomic mass is 9.93. The van der Waals surface area contributed by atoms with E-state index in [2.05, 4.69) is 10.6 Å². The molecule has 1 aromatic rings. The number of allylic oxidation sites excluding steroid dienone is 1. The summed E-state index contributed by atoms with van der Waals surface area (Å²) in [4.78, 5) is 23.8. The molecule has 0 saturated heterocycles. The number of carbonyl (C=O) groups excluding carboxylic acids is 2. The maximum Gasteiger partial charge on any atom is 0.337 e. The van der Waals surface area contributed by atoms with Crippen molar-refractivity contribution in [2.45, 2.75) is 26.3 Å². The average Bonchev–Trinajstić information content (AvgIpc) is 2.45. The van der Waals surface area contributed by atoms with Gasteiger partial charge < -0.3 is 15.4 Å². The van der Waals surface area contributed by atoms with Gasteiger partial charge in [0.25, 0.3) is 0 Å². The molecule has 1 aromatic carbocycles. The summed E-state index contributed by atoms with van der Waals surface area (Å²) in [7, 11) is 1.34. The van der Waals surface area contributed by atoms with Crippen LogP contribution in [0.1, 0.15) is 30.5 Å². The number of esters is 1. The van der Waals surface area contributed by atoms with Crippen LogP contribution in [-0.4, -0.2) is 19.1 Å². The predicted molar refractivity (Wildman–Crippen MR) is 74.9 cm³/mol. The fraction of sp³-hybridized carbons (Fsp3) is 0.333. The standard InChI is InChI=1S/C15H18N2O3/c1-4-11-12(14(18)20-3)13(17-15(19)16-11)10-7-5-6-9(2)8-10/h5-8,13H,4H2,1-3H3,(H2,16,17,19)/t13-/m0/s1. The number of methoxy groups -OCH3 is 1. The van der Waals surface area contributed by atoms with Gasteiger partial charge in [0.15, 0.2) is 0 Å². The minimum absolute atomic E-state index is 0.305. The summed E-state index contributed by atoms with van der Waals surface area (Å²) in [6, 6.07) is 6.92. The monoisotopic (exact) mass is 274 g/mol. The van der Waals surface area contributed by atoms with Gasteiger partial charge in [-0.05, 0) is 18.9 Å². The molecule has 5 nitrogen and oxygen atoms in total. The third-order valence-electron chi connectivity index (χ3n) is 3.29. The van der Waals surface area contributed by atoms with Crippen LogP contribution in [0.3, 0.4) is 0 Å². The molecule has 0 saturated carbocycles. The zero-order valence-electron chi connectivity index (χ0n) is 11.8. The van der Waals surface area contributed by atoms with Gasteiger partial charge in [0, 0.05) is 5.70 Å². The van der Waals surface area contributed by atoms with Crippen LogP contribution in [0.4, 0.5) is 4.79 Å². The van der Waals surface area contributed by atoms with Crippen molar-refractivity contribution in [2.75, 3.05) is 7.11 Å². The zero-order valence-corrected chi connectivity index (χ0v) is 11.8. The third kappa shape index (κ3) is 2.66. The first-order valence-corrected chi connectivity index (χ1v) is 6.52. The van der Waals surface area contributed by atoms with Crippen molar-refractivity contribution in [1.29, 1.82) is 0 Å². The number of hydrogen-bond acceptors (Lipinski definition) is 3. The van der Waals surface area contributed by atoms with Crippen LogP contribution in [0.5, 0.6) is 0 Å². The first-order valence-electron chi connectivity index (χ1n) is 6.52. The quantitative estimate of drug-likeness (QED) is 0.830. The number of carbonyl (C=O) groups is 2. The summed E-state index contributed by atoms with van der Waals surface area (Å²) in [6.07, 6.45) is 0.556. The highest BCUT2D eigenvalue weighted by atomic mass is 16.5. The Morgan fingerprint density at radius 1 is 1.40 bits per heavy atom. The molecule has 0 fully saturated rings. The number of aryl methyl sites for hydroxylation is 1. The van der Waals surface area contributed by atoms with Gasteiger partial charge in [-0.3, -0.25) is 0 Å². The Morgan fingerprint density at radius 2 is 2.15 bits per heavy atom. The Balaban J connectivity index is 2.53. The summed E-state index contributed by atoms with van der Waals surface area (Å²) in [5, 5.41) is 5.46. The van der Waals surface area contributed by atoms with Crippen molar-refractivity contribution >= 4 is 12.0 Å². The molecule has 2 amide bonds. The van der Waals surface area contributed by atoms with Crippen LogP contribution < -0.4 is 10.6 Å². The molecular formula is C15H18N2O3. The molecule has 20 heavy (non-hydrogen) atoms. The molecule has 0 aliphatic carbocycles. The minimum atomic E-state index is -0.481. The summed E-state index contributed by atoms with van der Waals surface area (Å²) in [5.74, 6) is -0.430. The second-order valence-corrected chi connectivity index (χ2v) is 4.68. The molecule has 106 valence electrons. The van der Waals surface area contributed by atoms with E-state index in [9.17, 15) is 9.59 Å². The van der Waals surface area contributed by atoms with Crippen molar-refractivity contribution in [3.63, 3.8) is 0 Å². The van der Waals surface area contributed by atoms with Crippen molar-refractivity contribution in [3.8, 4) is 0 Å². The van der Waals surface area contributed by atoms with Crippen LogP contribution in [0, 0.1) is 6.92 Å². The van der Waals surface area contributed by atoms with Crippen molar-refractivity contribution in [1.82, 2.24) is 10.6 Å². The molecule has 2 rings (SSSR count). The second kappa shape index (κ2) is 5.77. The van der Waals surface area contributed by atoms with E-state index < -0.39 is 12.0 Å². The van der Waals surface area contributed by atoms with E-state index in [-0.39, 0.29) is 6.03 Å². The molecular weight excluding hydrogens is 256 g/mol. The molecule has 2 N–H and O–H groups in total. The van der Waals surface area contributed by atoms with E-state index in [0.29, 0.717) is 17.7 Å². The van der Waals surface area contributed by atoms with E-state index in [0.717, 1.165) is 11.1 Å². The normalized spacial score (nSPS) is 18.4. The smallest absolute Gasteiger partial charge is 0.337 e. The maximum atomic E-state index is 12.0. The summed E-state index contributed by atoms with van der Waals surface area (Å²) in [5.41, 5.74) is 3.00.